The fraction of sp³-hybridized carbons (Fsp3) is 0.438. The average Bonchev–Trinajstić information content (AvgIpc) is 2.49. The summed E-state index contributed by atoms with van der Waals surface area (Å²) >= 11 is 3.29. The van der Waals surface area contributed by atoms with E-state index >= 15 is 0 Å². The highest BCUT2D eigenvalue weighted by Crippen LogP contribution is 2.24. The number of rotatable bonds is 8. The van der Waals surface area contributed by atoms with Crippen molar-refractivity contribution < 1.29 is 24.2 Å². The van der Waals surface area contributed by atoms with E-state index in [1.54, 1.807) is 32.0 Å². The predicted octanol–water partition coefficient (Wildman–Crippen LogP) is 2.65. The lowest BCUT2D eigenvalue weighted by atomic mass is 10.0. The van der Waals surface area contributed by atoms with Crippen LogP contribution in [0.4, 0.5) is 0 Å². The molecule has 0 unspecified atom stereocenters. The molecule has 1 atom stereocenters. The first kappa shape index (κ1) is 19.2. The Hall–Kier alpha value is -1.89. The number of nitrogens with one attached hydrogen (secondary N) is 1. The number of Topliss-reactive ketones (excluding diaryl/α,β-unsaturated/α-hetero) is 1. The molecule has 1 amide bonds. The Balaban J connectivity index is 2.67. The van der Waals surface area contributed by atoms with Crippen LogP contribution >= 0.6 is 15.9 Å². The second-order valence-corrected chi connectivity index (χ2v) is 6.31. The summed E-state index contributed by atoms with van der Waals surface area (Å²) in [4.78, 5) is 35.1. The van der Waals surface area contributed by atoms with E-state index in [-0.39, 0.29) is 24.5 Å². The Kier molecular flexibility index (Phi) is 7.22. The van der Waals surface area contributed by atoms with Crippen LogP contribution < -0.4 is 10.1 Å². The summed E-state index contributed by atoms with van der Waals surface area (Å²) in [6.45, 7) is 3.41. The van der Waals surface area contributed by atoms with E-state index in [2.05, 4.69) is 21.2 Å². The number of carboxylic acids is 1. The lowest BCUT2D eigenvalue weighted by Gasteiger charge is -2.17. The number of halogens is 1. The summed E-state index contributed by atoms with van der Waals surface area (Å²) < 4.78 is 5.87. The highest BCUT2D eigenvalue weighted by Gasteiger charge is 2.23. The van der Waals surface area contributed by atoms with Gasteiger partial charge < -0.3 is 15.2 Å². The molecule has 0 aliphatic rings. The van der Waals surface area contributed by atoms with Crippen molar-refractivity contribution in [3.05, 3.63) is 28.2 Å². The number of amides is 1. The van der Waals surface area contributed by atoms with Crippen molar-refractivity contribution in [1.29, 1.82) is 0 Å². The van der Waals surface area contributed by atoms with Crippen molar-refractivity contribution in [2.45, 2.75) is 32.7 Å². The number of ether oxygens (including phenoxy) is 1. The number of benzene rings is 1. The Morgan fingerprint density at radius 1 is 1.26 bits per heavy atom. The van der Waals surface area contributed by atoms with E-state index in [9.17, 15) is 14.4 Å². The minimum absolute atomic E-state index is 0.0247. The molecule has 0 bridgehead atoms. The number of carbonyl (C=O) groups excluding carboxylic acids is 2. The fourth-order valence-electron chi connectivity index (χ4n) is 2.02. The highest BCUT2D eigenvalue weighted by atomic mass is 79.9. The predicted molar refractivity (Wildman–Crippen MR) is 88.7 cm³/mol. The van der Waals surface area contributed by atoms with Crippen molar-refractivity contribution in [2.24, 2.45) is 5.92 Å². The minimum atomic E-state index is -1.09. The first-order valence-corrected chi connectivity index (χ1v) is 7.94. The molecule has 126 valence electrons. The molecule has 0 aliphatic heterocycles. The first-order chi connectivity index (χ1) is 10.8. The van der Waals surface area contributed by atoms with Gasteiger partial charge in [-0.25, -0.2) is 4.79 Å². The zero-order chi connectivity index (χ0) is 17.6. The molecule has 0 spiro atoms. The van der Waals surface area contributed by atoms with Gasteiger partial charge in [0.15, 0.2) is 5.78 Å². The van der Waals surface area contributed by atoms with E-state index in [4.69, 9.17) is 9.84 Å². The molecule has 0 heterocycles. The van der Waals surface area contributed by atoms with Gasteiger partial charge >= 0.3 is 5.97 Å². The SMILES string of the molecule is COc1ccc(Br)cc1C(=O)CCC(=O)N[C@@H](C(=O)O)C(C)C. The molecule has 0 saturated carbocycles. The van der Waals surface area contributed by atoms with E-state index in [0.717, 1.165) is 4.47 Å². The monoisotopic (exact) mass is 385 g/mol. The van der Waals surface area contributed by atoms with Crippen LogP contribution in [0.25, 0.3) is 0 Å². The van der Waals surface area contributed by atoms with Crippen LogP contribution in [0.15, 0.2) is 22.7 Å². The topological polar surface area (TPSA) is 92.7 Å². The number of hydrogen-bond acceptors (Lipinski definition) is 4. The van der Waals surface area contributed by atoms with E-state index in [1.807, 2.05) is 0 Å². The number of carbonyl (C=O) groups is 3. The molecule has 1 rings (SSSR count). The molecule has 0 aliphatic carbocycles. The smallest absolute Gasteiger partial charge is 0.326 e. The second kappa shape index (κ2) is 8.67. The molecule has 2 N–H and O–H groups in total. The summed E-state index contributed by atoms with van der Waals surface area (Å²) in [7, 11) is 1.47. The summed E-state index contributed by atoms with van der Waals surface area (Å²) in [5, 5.41) is 11.5. The van der Waals surface area contributed by atoms with Gasteiger partial charge in [-0.05, 0) is 24.1 Å². The van der Waals surface area contributed by atoms with Crippen molar-refractivity contribution in [3.8, 4) is 5.75 Å². The standard InChI is InChI=1S/C16H20BrNO5/c1-9(2)15(16(21)22)18-14(20)7-5-12(19)11-8-10(17)4-6-13(11)23-3/h4,6,8-9,15H,5,7H2,1-3H3,(H,18,20)(H,21,22)/t15-/m1/s1. The van der Waals surface area contributed by atoms with Gasteiger partial charge in [-0.15, -0.1) is 0 Å². The molecular weight excluding hydrogens is 366 g/mol. The van der Waals surface area contributed by atoms with Crippen LogP contribution in [0.1, 0.15) is 37.0 Å². The van der Waals surface area contributed by atoms with E-state index in [1.165, 1.54) is 7.11 Å². The summed E-state index contributed by atoms with van der Waals surface area (Å²) in [6, 6.07) is 4.09. The van der Waals surface area contributed by atoms with Crippen LogP contribution in [0.2, 0.25) is 0 Å². The molecular formula is C16H20BrNO5. The third-order valence-electron chi connectivity index (χ3n) is 3.29. The third kappa shape index (κ3) is 5.67. The van der Waals surface area contributed by atoms with Crippen molar-refractivity contribution in [2.75, 3.05) is 7.11 Å². The van der Waals surface area contributed by atoms with E-state index < -0.39 is 17.9 Å². The summed E-state index contributed by atoms with van der Waals surface area (Å²) in [5.74, 6) is -1.60. The Morgan fingerprint density at radius 3 is 2.43 bits per heavy atom. The van der Waals surface area contributed by atoms with Crippen LogP contribution in [0.3, 0.4) is 0 Å². The Labute approximate surface area is 143 Å². The van der Waals surface area contributed by atoms with Gasteiger partial charge in [-0.2, -0.15) is 0 Å². The summed E-state index contributed by atoms with van der Waals surface area (Å²) in [6.07, 6.45) is -0.103. The highest BCUT2D eigenvalue weighted by molar-refractivity contribution is 9.10. The number of aliphatic carboxylic acids is 1. The quantitative estimate of drug-likeness (QED) is 0.670. The summed E-state index contributed by atoms with van der Waals surface area (Å²) in [5.41, 5.74) is 0.383. The van der Waals surface area contributed by atoms with Crippen molar-refractivity contribution in [1.82, 2.24) is 5.32 Å². The molecule has 7 heteroatoms. The molecule has 1 aromatic rings. The average molecular weight is 386 g/mol. The maximum atomic E-state index is 12.2. The Bertz CT molecular complexity index is 600. The lowest BCUT2D eigenvalue weighted by Crippen LogP contribution is -2.44. The van der Waals surface area contributed by atoms with Gasteiger partial charge in [0.1, 0.15) is 11.8 Å². The van der Waals surface area contributed by atoms with Gasteiger partial charge in [0.25, 0.3) is 0 Å². The maximum Gasteiger partial charge on any atom is 0.326 e. The number of methoxy groups -OCH3 is 1. The molecule has 0 saturated heterocycles. The van der Waals surface area contributed by atoms with Crippen molar-refractivity contribution >= 4 is 33.6 Å². The minimum Gasteiger partial charge on any atom is -0.496 e. The molecule has 0 radical (unpaired) electrons. The fourth-order valence-corrected chi connectivity index (χ4v) is 2.38. The van der Waals surface area contributed by atoms with E-state index in [0.29, 0.717) is 11.3 Å². The normalized spacial score (nSPS) is 11.9. The van der Waals surface area contributed by atoms with Crippen molar-refractivity contribution in [3.63, 3.8) is 0 Å². The zero-order valence-electron chi connectivity index (χ0n) is 13.3. The van der Waals surface area contributed by atoms with Crippen LogP contribution in [0.5, 0.6) is 5.75 Å². The van der Waals surface area contributed by atoms with Crippen LogP contribution in [-0.2, 0) is 9.59 Å². The van der Waals surface area contributed by atoms with Gasteiger partial charge in [0.05, 0.1) is 12.7 Å². The Morgan fingerprint density at radius 2 is 1.91 bits per heavy atom. The van der Waals surface area contributed by atoms with Gasteiger partial charge in [-0.3, -0.25) is 9.59 Å². The van der Waals surface area contributed by atoms with Crippen LogP contribution in [0, 0.1) is 5.92 Å². The second-order valence-electron chi connectivity index (χ2n) is 5.40. The van der Waals surface area contributed by atoms with Crippen LogP contribution in [-0.4, -0.2) is 35.9 Å². The zero-order valence-corrected chi connectivity index (χ0v) is 14.8. The van der Waals surface area contributed by atoms with Gasteiger partial charge in [0, 0.05) is 17.3 Å². The number of carboxylic acid groups (broad SMARTS) is 1. The largest absolute Gasteiger partial charge is 0.496 e. The lowest BCUT2D eigenvalue weighted by molar-refractivity contribution is -0.143. The maximum absolute atomic E-state index is 12.2. The number of ketones is 1. The third-order valence-corrected chi connectivity index (χ3v) is 3.78. The number of hydrogen-bond donors (Lipinski definition) is 2. The molecule has 0 aromatic heterocycles. The van der Waals surface area contributed by atoms with Gasteiger partial charge in [0.2, 0.25) is 5.91 Å². The molecule has 1 aromatic carbocycles. The molecule has 23 heavy (non-hydrogen) atoms. The van der Waals surface area contributed by atoms with Gasteiger partial charge in [-0.1, -0.05) is 29.8 Å². The first-order valence-electron chi connectivity index (χ1n) is 7.15. The molecule has 6 nitrogen and oxygen atoms in total. The molecule has 0 fully saturated rings.